The van der Waals surface area contributed by atoms with Gasteiger partial charge in [-0.2, -0.15) is 4.52 Å². The Morgan fingerprint density at radius 1 is 1.12 bits per heavy atom. The average Bonchev–Trinajstić information content (AvgIpc) is 3.50. The molecule has 0 fully saturated rings. The first kappa shape index (κ1) is 19.2. The first-order valence-corrected chi connectivity index (χ1v) is 11.4. The number of thiazole rings is 1. The summed E-state index contributed by atoms with van der Waals surface area (Å²) in [4.78, 5) is 10.4. The van der Waals surface area contributed by atoms with Gasteiger partial charge in [-0.05, 0) is 68.1 Å². The van der Waals surface area contributed by atoms with Crippen LogP contribution in [0.25, 0.3) is 17.2 Å². The molecule has 1 aliphatic rings. The Morgan fingerprint density at radius 2 is 1.94 bits per heavy atom. The maximum Gasteiger partial charge on any atom is 0.246 e. The first-order valence-electron chi connectivity index (χ1n) is 10.6. The molecule has 6 rings (SSSR count). The van der Waals surface area contributed by atoms with Crippen molar-refractivity contribution in [3.8, 4) is 11.5 Å². The number of nitrogens with one attached hydrogen (secondary N) is 1. The van der Waals surface area contributed by atoms with Crippen molar-refractivity contribution in [3.05, 3.63) is 82.5 Å². The topological polar surface area (TPSA) is 68.2 Å². The highest BCUT2D eigenvalue weighted by molar-refractivity contribution is 7.15. The second-order valence-corrected chi connectivity index (χ2v) is 9.07. The molecular formula is C24H20FN5OS. The average molecular weight is 446 g/mol. The van der Waals surface area contributed by atoms with Gasteiger partial charge in [-0.1, -0.05) is 12.1 Å². The van der Waals surface area contributed by atoms with Crippen molar-refractivity contribution in [1.82, 2.24) is 19.6 Å². The molecule has 5 aromatic rings. The van der Waals surface area contributed by atoms with E-state index in [2.05, 4.69) is 15.4 Å². The molecular weight excluding hydrogens is 425 g/mol. The van der Waals surface area contributed by atoms with Crippen LogP contribution in [0.4, 0.5) is 15.2 Å². The number of halogens is 1. The molecule has 3 aromatic heterocycles. The van der Waals surface area contributed by atoms with E-state index in [0.29, 0.717) is 11.6 Å². The lowest BCUT2D eigenvalue weighted by molar-refractivity contribution is 0.603. The minimum atomic E-state index is -0.205. The van der Waals surface area contributed by atoms with E-state index >= 15 is 0 Å². The third-order valence-electron chi connectivity index (χ3n) is 5.88. The van der Waals surface area contributed by atoms with Crippen molar-refractivity contribution in [2.45, 2.75) is 32.1 Å². The molecule has 32 heavy (non-hydrogen) atoms. The monoisotopic (exact) mass is 445 g/mol. The summed E-state index contributed by atoms with van der Waals surface area (Å²) in [5, 5.41) is 8.79. The molecule has 0 saturated carbocycles. The number of fused-ring (bicyclic) bond motifs is 2. The molecule has 0 amide bonds. The predicted octanol–water partition coefficient (Wildman–Crippen LogP) is 6.11. The summed E-state index contributed by atoms with van der Waals surface area (Å²) in [7, 11) is 0. The number of hydrogen-bond donors (Lipinski definition) is 1. The van der Waals surface area contributed by atoms with E-state index in [0.717, 1.165) is 52.7 Å². The SMILES string of the molecule is Cc1ncc2oc(-c3ccc(Nc4nc5c(s4)CCCC5c4ccc(F)cc4)cc3)nn12. The lowest BCUT2D eigenvalue weighted by Gasteiger charge is -2.21. The van der Waals surface area contributed by atoms with Gasteiger partial charge in [0.1, 0.15) is 11.6 Å². The predicted molar refractivity (Wildman–Crippen MR) is 122 cm³/mol. The summed E-state index contributed by atoms with van der Waals surface area (Å²) in [5.74, 6) is 1.37. The molecule has 0 radical (unpaired) electrons. The van der Waals surface area contributed by atoms with Crippen molar-refractivity contribution >= 4 is 27.9 Å². The molecule has 8 heteroatoms. The minimum absolute atomic E-state index is 0.205. The summed E-state index contributed by atoms with van der Waals surface area (Å²) in [6.45, 7) is 1.89. The van der Waals surface area contributed by atoms with Crippen molar-refractivity contribution < 1.29 is 8.81 Å². The minimum Gasteiger partial charge on any atom is -0.417 e. The molecule has 160 valence electrons. The lowest BCUT2D eigenvalue weighted by atomic mass is 9.85. The van der Waals surface area contributed by atoms with E-state index in [1.807, 2.05) is 43.3 Å². The zero-order valence-corrected chi connectivity index (χ0v) is 18.2. The molecule has 1 atom stereocenters. The highest BCUT2D eigenvalue weighted by Gasteiger charge is 2.26. The van der Waals surface area contributed by atoms with E-state index < -0.39 is 0 Å². The van der Waals surface area contributed by atoms with Crippen LogP contribution in [0, 0.1) is 12.7 Å². The summed E-state index contributed by atoms with van der Waals surface area (Å²) >= 11 is 1.70. The van der Waals surface area contributed by atoms with Crippen LogP contribution in [0.1, 0.15) is 40.7 Å². The summed E-state index contributed by atoms with van der Waals surface area (Å²) in [6.07, 6.45) is 4.87. The smallest absolute Gasteiger partial charge is 0.246 e. The highest BCUT2D eigenvalue weighted by Crippen LogP contribution is 2.41. The van der Waals surface area contributed by atoms with E-state index in [1.165, 1.54) is 17.0 Å². The fourth-order valence-corrected chi connectivity index (χ4v) is 5.33. The van der Waals surface area contributed by atoms with Crippen LogP contribution in [0.2, 0.25) is 0 Å². The number of nitrogens with zero attached hydrogens (tertiary/aromatic N) is 4. The number of anilines is 2. The summed E-state index contributed by atoms with van der Waals surface area (Å²) < 4.78 is 20.8. The van der Waals surface area contributed by atoms with Gasteiger partial charge in [-0.3, -0.25) is 0 Å². The van der Waals surface area contributed by atoms with E-state index in [4.69, 9.17) is 9.40 Å². The number of aromatic nitrogens is 4. The van der Waals surface area contributed by atoms with Gasteiger partial charge in [0.2, 0.25) is 11.6 Å². The van der Waals surface area contributed by atoms with Crippen LogP contribution in [0.3, 0.4) is 0 Å². The number of benzene rings is 2. The molecule has 0 spiro atoms. The zero-order chi connectivity index (χ0) is 21.7. The largest absolute Gasteiger partial charge is 0.417 e. The Labute approximate surface area is 187 Å². The number of imidazole rings is 1. The Balaban J connectivity index is 1.23. The molecule has 1 unspecified atom stereocenters. The van der Waals surface area contributed by atoms with Gasteiger partial charge in [0.15, 0.2) is 5.13 Å². The van der Waals surface area contributed by atoms with Gasteiger partial charge in [-0.25, -0.2) is 14.4 Å². The van der Waals surface area contributed by atoms with Gasteiger partial charge < -0.3 is 9.73 Å². The Morgan fingerprint density at radius 3 is 2.72 bits per heavy atom. The number of aryl methyl sites for hydroxylation is 2. The van der Waals surface area contributed by atoms with Crippen LogP contribution in [-0.4, -0.2) is 19.6 Å². The zero-order valence-electron chi connectivity index (χ0n) is 17.4. The standard InChI is InChI=1S/C24H20FN5OS/c1-14-26-13-21-30(14)29-23(31-21)16-7-11-18(12-8-16)27-24-28-22-19(3-2-4-20(22)32-24)15-5-9-17(25)10-6-15/h5-13,19H,2-4H2,1H3,(H,27,28). The lowest BCUT2D eigenvalue weighted by Crippen LogP contribution is -2.10. The fourth-order valence-electron chi connectivity index (χ4n) is 4.25. The number of hydrogen-bond acceptors (Lipinski definition) is 6. The summed E-state index contributed by atoms with van der Waals surface area (Å²) in [5.41, 5.74) is 4.72. The molecule has 0 bridgehead atoms. The molecule has 3 heterocycles. The summed E-state index contributed by atoms with van der Waals surface area (Å²) in [6, 6.07) is 14.8. The van der Waals surface area contributed by atoms with Gasteiger partial charge in [0.05, 0.1) is 11.9 Å². The van der Waals surface area contributed by atoms with Crippen LogP contribution in [-0.2, 0) is 6.42 Å². The molecule has 6 nitrogen and oxygen atoms in total. The second-order valence-electron chi connectivity index (χ2n) is 7.99. The van der Waals surface area contributed by atoms with Gasteiger partial charge in [0, 0.05) is 22.0 Å². The van der Waals surface area contributed by atoms with Crippen LogP contribution in [0.5, 0.6) is 0 Å². The van der Waals surface area contributed by atoms with Gasteiger partial charge >= 0.3 is 0 Å². The Bertz CT molecular complexity index is 1400. The Hall–Kier alpha value is -3.52. The van der Waals surface area contributed by atoms with Crippen LogP contribution >= 0.6 is 11.3 Å². The second kappa shape index (κ2) is 7.56. The molecule has 0 aliphatic heterocycles. The fraction of sp³-hybridized carbons (Fsp3) is 0.208. The maximum absolute atomic E-state index is 13.4. The first-order chi connectivity index (χ1) is 15.6. The van der Waals surface area contributed by atoms with Gasteiger partial charge in [0.25, 0.3) is 0 Å². The molecule has 1 aliphatic carbocycles. The molecule has 0 saturated heterocycles. The van der Waals surface area contributed by atoms with Crippen molar-refractivity contribution in [3.63, 3.8) is 0 Å². The van der Waals surface area contributed by atoms with E-state index in [1.54, 1.807) is 22.0 Å². The quantitative estimate of drug-likeness (QED) is 0.362. The number of rotatable bonds is 4. The van der Waals surface area contributed by atoms with Crippen LogP contribution < -0.4 is 5.32 Å². The third-order valence-corrected chi connectivity index (χ3v) is 6.93. The van der Waals surface area contributed by atoms with Crippen molar-refractivity contribution in [2.24, 2.45) is 0 Å². The third kappa shape index (κ3) is 3.36. The van der Waals surface area contributed by atoms with E-state index in [-0.39, 0.29) is 11.7 Å². The van der Waals surface area contributed by atoms with E-state index in [9.17, 15) is 4.39 Å². The van der Waals surface area contributed by atoms with Crippen molar-refractivity contribution in [2.75, 3.05) is 5.32 Å². The highest BCUT2D eigenvalue weighted by atomic mass is 32.1. The van der Waals surface area contributed by atoms with Gasteiger partial charge in [-0.15, -0.1) is 16.4 Å². The van der Waals surface area contributed by atoms with Crippen LogP contribution in [0.15, 0.2) is 59.1 Å². The maximum atomic E-state index is 13.4. The Kier molecular flexibility index (Phi) is 4.53. The molecule has 2 aromatic carbocycles. The van der Waals surface area contributed by atoms with Crippen molar-refractivity contribution in [1.29, 1.82) is 0 Å². The molecule has 1 N–H and O–H groups in total. The normalized spacial score (nSPS) is 15.8.